The van der Waals surface area contributed by atoms with Crippen molar-refractivity contribution in [2.45, 2.75) is 0 Å². The van der Waals surface area contributed by atoms with E-state index in [9.17, 15) is 23.3 Å². The van der Waals surface area contributed by atoms with Crippen LogP contribution in [0.25, 0.3) is 0 Å². The monoisotopic (exact) mass is 365 g/mol. The van der Waals surface area contributed by atoms with Crippen molar-refractivity contribution in [3.8, 4) is 5.75 Å². The Morgan fingerprint density at radius 1 is 1.16 bits per heavy atom. The van der Waals surface area contributed by atoms with E-state index >= 15 is 0 Å². The number of methoxy groups -OCH3 is 1. The van der Waals surface area contributed by atoms with Crippen molar-refractivity contribution in [3.63, 3.8) is 0 Å². The molecule has 2 aromatic carbocycles. The van der Waals surface area contributed by atoms with Crippen LogP contribution in [-0.4, -0.2) is 32.6 Å². The molecular formula is C15H15N3O6S. The maximum Gasteiger partial charge on any atom is 0.271 e. The van der Waals surface area contributed by atoms with Crippen LogP contribution in [0, 0.1) is 10.1 Å². The lowest BCUT2D eigenvalue weighted by Crippen LogP contribution is -2.13. The van der Waals surface area contributed by atoms with Crippen LogP contribution in [0.5, 0.6) is 5.75 Å². The summed E-state index contributed by atoms with van der Waals surface area (Å²) < 4.78 is 29.7. The molecule has 0 bridgehead atoms. The highest BCUT2D eigenvalue weighted by Crippen LogP contribution is 2.29. The van der Waals surface area contributed by atoms with Gasteiger partial charge in [-0.3, -0.25) is 19.6 Å². The molecule has 0 saturated heterocycles. The lowest BCUT2D eigenvalue weighted by molar-refractivity contribution is -0.384. The first-order chi connectivity index (χ1) is 11.7. The molecule has 0 aliphatic carbocycles. The number of sulfonamides is 1. The number of anilines is 2. The summed E-state index contributed by atoms with van der Waals surface area (Å²) in [6.45, 7) is 0. The predicted octanol–water partition coefficient (Wildman–Crippen LogP) is 2.23. The number of nitrogens with zero attached hydrogens (tertiary/aromatic N) is 1. The van der Waals surface area contributed by atoms with Gasteiger partial charge in [-0.05, 0) is 30.3 Å². The van der Waals surface area contributed by atoms with Crippen LogP contribution in [0.2, 0.25) is 0 Å². The molecule has 2 aromatic rings. The van der Waals surface area contributed by atoms with E-state index in [0.29, 0.717) is 5.69 Å². The largest absolute Gasteiger partial charge is 0.495 e. The molecule has 9 nitrogen and oxygen atoms in total. The van der Waals surface area contributed by atoms with Gasteiger partial charge >= 0.3 is 0 Å². The molecule has 0 heterocycles. The quantitative estimate of drug-likeness (QED) is 0.597. The molecule has 2 rings (SSSR count). The first kappa shape index (κ1) is 18.2. The Bertz CT molecular complexity index is 909. The van der Waals surface area contributed by atoms with Crippen molar-refractivity contribution in [1.29, 1.82) is 0 Å². The first-order valence-electron chi connectivity index (χ1n) is 6.91. The topological polar surface area (TPSA) is 128 Å². The average molecular weight is 365 g/mol. The summed E-state index contributed by atoms with van der Waals surface area (Å²) >= 11 is 0. The number of rotatable bonds is 6. The summed E-state index contributed by atoms with van der Waals surface area (Å²) in [6, 6.07) is 9.55. The number of amides is 1. The van der Waals surface area contributed by atoms with Gasteiger partial charge in [0.2, 0.25) is 10.0 Å². The van der Waals surface area contributed by atoms with E-state index in [1.807, 2.05) is 0 Å². The van der Waals surface area contributed by atoms with E-state index in [0.717, 1.165) is 6.26 Å². The van der Waals surface area contributed by atoms with Gasteiger partial charge in [0.1, 0.15) is 5.75 Å². The highest BCUT2D eigenvalue weighted by atomic mass is 32.2. The molecule has 0 aliphatic rings. The zero-order valence-corrected chi connectivity index (χ0v) is 14.2. The maximum absolute atomic E-state index is 12.3. The molecule has 132 valence electrons. The Hall–Kier alpha value is -3.14. The first-order valence-corrected chi connectivity index (χ1v) is 8.80. The van der Waals surface area contributed by atoms with E-state index in [1.165, 1.54) is 49.6 Å². The molecule has 0 atom stereocenters. The highest BCUT2D eigenvalue weighted by Gasteiger charge is 2.15. The third kappa shape index (κ3) is 4.91. The van der Waals surface area contributed by atoms with E-state index in [2.05, 4.69) is 10.0 Å². The lowest BCUT2D eigenvalue weighted by atomic mass is 10.2. The summed E-state index contributed by atoms with van der Waals surface area (Å²) in [4.78, 5) is 22.6. The Morgan fingerprint density at radius 2 is 1.80 bits per heavy atom. The normalized spacial score (nSPS) is 10.8. The third-order valence-corrected chi connectivity index (χ3v) is 3.70. The van der Waals surface area contributed by atoms with Crippen LogP contribution >= 0.6 is 0 Å². The number of nitrogens with one attached hydrogen (secondary N) is 2. The number of carbonyl (C=O) groups is 1. The van der Waals surface area contributed by atoms with Crippen molar-refractivity contribution in [2.24, 2.45) is 0 Å². The van der Waals surface area contributed by atoms with Crippen molar-refractivity contribution < 1.29 is 22.9 Å². The summed E-state index contributed by atoms with van der Waals surface area (Å²) in [7, 11) is -2.03. The SMILES string of the molecule is COc1ccc([N+](=O)[O-])cc1NC(=O)c1ccc(NS(C)(=O)=O)cc1. The van der Waals surface area contributed by atoms with E-state index in [4.69, 9.17) is 4.74 Å². The van der Waals surface area contributed by atoms with Gasteiger partial charge in [0.15, 0.2) is 0 Å². The zero-order valence-electron chi connectivity index (χ0n) is 13.3. The number of nitro groups is 1. The number of hydrogen-bond acceptors (Lipinski definition) is 6. The van der Waals surface area contributed by atoms with Crippen molar-refractivity contribution >= 4 is 33.0 Å². The number of benzene rings is 2. The highest BCUT2D eigenvalue weighted by molar-refractivity contribution is 7.92. The third-order valence-electron chi connectivity index (χ3n) is 3.09. The minimum atomic E-state index is -3.41. The van der Waals surface area contributed by atoms with Gasteiger partial charge in [-0.25, -0.2) is 8.42 Å². The number of carbonyl (C=O) groups excluding carboxylic acids is 1. The predicted molar refractivity (Wildman–Crippen MR) is 92.5 cm³/mol. The van der Waals surface area contributed by atoms with Crippen molar-refractivity contribution in [3.05, 3.63) is 58.1 Å². The van der Waals surface area contributed by atoms with Crippen molar-refractivity contribution in [2.75, 3.05) is 23.4 Å². The van der Waals surface area contributed by atoms with Gasteiger partial charge in [-0.1, -0.05) is 0 Å². The molecule has 0 saturated carbocycles. The fourth-order valence-electron chi connectivity index (χ4n) is 2.01. The van der Waals surface area contributed by atoms with Gasteiger partial charge in [0, 0.05) is 23.4 Å². The zero-order chi connectivity index (χ0) is 18.6. The van der Waals surface area contributed by atoms with Crippen molar-refractivity contribution in [1.82, 2.24) is 0 Å². The van der Waals surface area contributed by atoms with Gasteiger partial charge in [0.25, 0.3) is 11.6 Å². The van der Waals surface area contributed by atoms with Gasteiger partial charge in [-0.2, -0.15) is 0 Å². The molecule has 0 aliphatic heterocycles. The summed E-state index contributed by atoms with van der Waals surface area (Å²) in [5.74, 6) is -0.251. The minimum Gasteiger partial charge on any atom is -0.495 e. The number of non-ortho nitro benzene ring substituents is 1. The fourth-order valence-corrected chi connectivity index (χ4v) is 2.57. The molecule has 25 heavy (non-hydrogen) atoms. The second-order valence-electron chi connectivity index (χ2n) is 5.05. The second kappa shape index (κ2) is 7.18. The van der Waals surface area contributed by atoms with Crippen LogP contribution in [0.1, 0.15) is 10.4 Å². The van der Waals surface area contributed by atoms with Gasteiger partial charge in [-0.15, -0.1) is 0 Å². The molecule has 10 heteroatoms. The summed E-state index contributed by atoms with van der Waals surface area (Å²) in [5, 5.41) is 13.4. The molecule has 0 radical (unpaired) electrons. The van der Waals surface area contributed by atoms with Crippen LogP contribution in [0.4, 0.5) is 17.1 Å². The van der Waals surface area contributed by atoms with Crippen LogP contribution in [-0.2, 0) is 10.0 Å². The van der Waals surface area contributed by atoms with Gasteiger partial charge in [0.05, 0.1) is 24.0 Å². The van der Waals surface area contributed by atoms with Crippen LogP contribution in [0.15, 0.2) is 42.5 Å². The number of ether oxygens (including phenoxy) is 1. The minimum absolute atomic E-state index is 0.153. The maximum atomic E-state index is 12.3. The average Bonchev–Trinajstić information content (AvgIpc) is 2.53. The van der Waals surface area contributed by atoms with Crippen LogP contribution in [0.3, 0.4) is 0 Å². The van der Waals surface area contributed by atoms with E-state index < -0.39 is 20.9 Å². The molecule has 0 fully saturated rings. The number of hydrogen-bond donors (Lipinski definition) is 2. The molecule has 2 N–H and O–H groups in total. The molecular weight excluding hydrogens is 350 g/mol. The second-order valence-corrected chi connectivity index (χ2v) is 6.80. The Morgan fingerprint density at radius 3 is 2.32 bits per heavy atom. The lowest BCUT2D eigenvalue weighted by Gasteiger charge is -2.10. The fraction of sp³-hybridized carbons (Fsp3) is 0.133. The Labute approximate surface area is 143 Å². The summed E-state index contributed by atoms with van der Waals surface area (Å²) in [5.41, 5.74) is 0.517. The number of nitro benzene ring substituents is 1. The van der Waals surface area contributed by atoms with Crippen LogP contribution < -0.4 is 14.8 Å². The van der Waals surface area contributed by atoms with E-state index in [-0.39, 0.29) is 22.7 Å². The van der Waals surface area contributed by atoms with Gasteiger partial charge < -0.3 is 10.1 Å². The molecule has 0 spiro atoms. The summed E-state index contributed by atoms with van der Waals surface area (Å²) in [6.07, 6.45) is 1.02. The molecule has 0 aromatic heterocycles. The Kier molecular flexibility index (Phi) is 5.22. The standard InChI is InChI=1S/C15H15N3O6S/c1-24-14-8-7-12(18(20)21)9-13(14)16-15(19)10-3-5-11(6-4-10)17-25(2,22)23/h3-9,17H,1-2H3,(H,16,19). The molecule has 1 amide bonds. The Balaban J connectivity index is 2.22. The smallest absolute Gasteiger partial charge is 0.271 e. The van der Waals surface area contributed by atoms with E-state index in [1.54, 1.807) is 0 Å². The molecule has 0 unspecified atom stereocenters.